The predicted molar refractivity (Wildman–Crippen MR) is 72.2 cm³/mol. The second-order valence-electron chi connectivity index (χ2n) is 4.19. The van der Waals surface area contributed by atoms with Crippen LogP contribution in [0.5, 0.6) is 0 Å². The molecule has 0 fully saturated rings. The standard InChI is InChI=1S/C14H10FN3O2/c1-9-2-3-12(7-13(9)15)17-11-4-5-14(18(19)20)10(6-11)8-16/h2-7,17H,1H3. The molecule has 0 atom stereocenters. The van der Waals surface area contributed by atoms with Gasteiger partial charge >= 0.3 is 0 Å². The Balaban J connectivity index is 2.32. The van der Waals surface area contributed by atoms with Crippen molar-refractivity contribution in [3.05, 3.63) is 63.5 Å². The van der Waals surface area contributed by atoms with Crippen molar-refractivity contribution in [3.8, 4) is 6.07 Å². The minimum absolute atomic E-state index is 0.0485. The number of anilines is 2. The molecule has 20 heavy (non-hydrogen) atoms. The Bertz CT molecular complexity index is 723. The summed E-state index contributed by atoms with van der Waals surface area (Å²) in [6.45, 7) is 1.65. The minimum Gasteiger partial charge on any atom is -0.355 e. The van der Waals surface area contributed by atoms with E-state index in [1.54, 1.807) is 25.1 Å². The molecule has 6 heteroatoms. The average Bonchev–Trinajstić information content (AvgIpc) is 2.42. The Kier molecular flexibility index (Phi) is 3.62. The minimum atomic E-state index is -0.617. The molecule has 0 aliphatic rings. The molecule has 0 heterocycles. The molecule has 2 aromatic rings. The first kappa shape index (κ1) is 13.5. The SMILES string of the molecule is Cc1ccc(Nc2ccc([N+](=O)[O-])c(C#N)c2)cc1F. The van der Waals surface area contributed by atoms with Crippen molar-refractivity contribution >= 4 is 17.1 Å². The number of nitrogens with one attached hydrogen (secondary N) is 1. The van der Waals surface area contributed by atoms with Crippen LogP contribution in [0.1, 0.15) is 11.1 Å². The number of nitrogens with zero attached hydrogens (tertiary/aromatic N) is 2. The molecule has 0 amide bonds. The van der Waals surface area contributed by atoms with Gasteiger partial charge in [0.1, 0.15) is 17.4 Å². The summed E-state index contributed by atoms with van der Waals surface area (Å²) < 4.78 is 13.4. The third-order valence-electron chi connectivity index (χ3n) is 2.77. The van der Waals surface area contributed by atoms with Crippen LogP contribution >= 0.6 is 0 Å². The van der Waals surface area contributed by atoms with Crippen molar-refractivity contribution in [2.45, 2.75) is 6.92 Å². The fourth-order valence-corrected chi connectivity index (χ4v) is 1.70. The topological polar surface area (TPSA) is 79.0 Å². The van der Waals surface area contributed by atoms with Crippen molar-refractivity contribution < 1.29 is 9.31 Å². The molecule has 1 N–H and O–H groups in total. The van der Waals surface area contributed by atoms with E-state index in [1.807, 2.05) is 0 Å². The van der Waals surface area contributed by atoms with Crippen molar-refractivity contribution in [1.82, 2.24) is 0 Å². The Labute approximate surface area is 114 Å². The van der Waals surface area contributed by atoms with Crippen LogP contribution in [-0.2, 0) is 0 Å². The van der Waals surface area contributed by atoms with Gasteiger partial charge in [0, 0.05) is 17.4 Å². The summed E-state index contributed by atoms with van der Waals surface area (Å²) in [5, 5.41) is 22.5. The van der Waals surface area contributed by atoms with E-state index in [0.717, 1.165) is 0 Å². The number of nitro benzene ring substituents is 1. The molecule has 5 nitrogen and oxygen atoms in total. The lowest BCUT2D eigenvalue weighted by atomic mass is 10.1. The number of halogens is 1. The largest absolute Gasteiger partial charge is 0.355 e. The average molecular weight is 271 g/mol. The third-order valence-corrected chi connectivity index (χ3v) is 2.77. The van der Waals surface area contributed by atoms with E-state index in [9.17, 15) is 14.5 Å². The maximum Gasteiger partial charge on any atom is 0.287 e. The molecule has 2 rings (SSSR count). The third kappa shape index (κ3) is 2.72. The summed E-state index contributed by atoms with van der Waals surface area (Å²) in [7, 11) is 0. The zero-order chi connectivity index (χ0) is 14.7. The highest BCUT2D eigenvalue weighted by atomic mass is 19.1. The van der Waals surface area contributed by atoms with Gasteiger partial charge in [-0.2, -0.15) is 5.26 Å². The number of nitriles is 1. The van der Waals surface area contributed by atoms with Gasteiger partial charge in [0.05, 0.1) is 4.92 Å². The molecule has 0 saturated carbocycles. The smallest absolute Gasteiger partial charge is 0.287 e. The van der Waals surface area contributed by atoms with E-state index in [2.05, 4.69) is 5.32 Å². The summed E-state index contributed by atoms with van der Waals surface area (Å²) >= 11 is 0. The van der Waals surface area contributed by atoms with E-state index in [1.165, 1.54) is 24.3 Å². The van der Waals surface area contributed by atoms with Crippen LogP contribution in [-0.4, -0.2) is 4.92 Å². The molecular formula is C14H10FN3O2. The van der Waals surface area contributed by atoms with E-state index >= 15 is 0 Å². The highest BCUT2D eigenvalue weighted by Crippen LogP contribution is 2.25. The molecule has 0 aliphatic heterocycles. The number of aryl methyl sites for hydroxylation is 1. The Hall–Kier alpha value is -2.94. The normalized spacial score (nSPS) is 9.85. The van der Waals surface area contributed by atoms with Gasteiger partial charge < -0.3 is 5.32 Å². The van der Waals surface area contributed by atoms with E-state index in [-0.39, 0.29) is 17.1 Å². The molecule has 0 unspecified atom stereocenters. The van der Waals surface area contributed by atoms with Gasteiger partial charge in [-0.1, -0.05) is 6.07 Å². The lowest BCUT2D eigenvalue weighted by Crippen LogP contribution is -1.96. The fraction of sp³-hybridized carbons (Fsp3) is 0.0714. The van der Waals surface area contributed by atoms with Gasteiger partial charge in [-0.05, 0) is 36.8 Å². The molecule has 0 radical (unpaired) electrons. The van der Waals surface area contributed by atoms with Crippen molar-refractivity contribution in [2.24, 2.45) is 0 Å². The quantitative estimate of drug-likeness (QED) is 0.682. The maximum absolute atomic E-state index is 13.4. The van der Waals surface area contributed by atoms with Gasteiger partial charge in [0.25, 0.3) is 5.69 Å². The summed E-state index contributed by atoms with van der Waals surface area (Å²) in [4.78, 5) is 10.1. The molecule has 0 bridgehead atoms. The van der Waals surface area contributed by atoms with E-state index < -0.39 is 4.92 Å². The van der Waals surface area contributed by atoms with Crippen LogP contribution in [0.2, 0.25) is 0 Å². The molecule has 0 spiro atoms. The highest BCUT2D eigenvalue weighted by Gasteiger charge is 2.13. The monoisotopic (exact) mass is 271 g/mol. The number of benzene rings is 2. The number of rotatable bonds is 3. The van der Waals surface area contributed by atoms with Crippen LogP contribution < -0.4 is 5.32 Å². The lowest BCUT2D eigenvalue weighted by Gasteiger charge is -2.08. The van der Waals surface area contributed by atoms with Crippen LogP contribution in [0.15, 0.2) is 36.4 Å². The first-order chi connectivity index (χ1) is 9.51. The Morgan fingerprint density at radius 2 is 1.90 bits per heavy atom. The molecule has 0 aromatic heterocycles. The van der Waals surface area contributed by atoms with Crippen LogP contribution in [0, 0.1) is 34.2 Å². The second-order valence-corrected chi connectivity index (χ2v) is 4.19. The van der Waals surface area contributed by atoms with Crippen LogP contribution in [0.4, 0.5) is 21.5 Å². The zero-order valence-corrected chi connectivity index (χ0v) is 10.6. The second kappa shape index (κ2) is 5.36. The fourth-order valence-electron chi connectivity index (χ4n) is 1.70. The molecule has 0 saturated heterocycles. The number of hydrogen-bond acceptors (Lipinski definition) is 4. The van der Waals surface area contributed by atoms with Crippen LogP contribution in [0.3, 0.4) is 0 Å². The lowest BCUT2D eigenvalue weighted by molar-refractivity contribution is -0.385. The van der Waals surface area contributed by atoms with Crippen LogP contribution in [0.25, 0.3) is 0 Å². The predicted octanol–water partition coefficient (Wildman–Crippen LogP) is 3.66. The zero-order valence-electron chi connectivity index (χ0n) is 10.6. The number of nitro groups is 1. The highest BCUT2D eigenvalue weighted by molar-refractivity contribution is 5.65. The number of hydrogen-bond donors (Lipinski definition) is 1. The molecule has 100 valence electrons. The van der Waals surface area contributed by atoms with E-state index in [0.29, 0.717) is 16.9 Å². The molecular weight excluding hydrogens is 261 g/mol. The van der Waals surface area contributed by atoms with Crippen molar-refractivity contribution in [3.63, 3.8) is 0 Å². The van der Waals surface area contributed by atoms with Gasteiger partial charge in [-0.25, -0.2) is 4.39 Å². The van der Waals surface area contributed by atoms with Gasteiger partial charge in [-0.3, -0.25) is 10.1 Å². The van der Waals surface area contributed by atoms with Crippen molar-refractivity contribution in [1.29, 1.82) is 5.26 Å². The maximum atomic E-state index is 13.4. The summed E-state index contributed by atoms with van der Waals surface area (Å²) in [5.41, 5.74) is 1.21. The van der Waals surface area contributed by atoms with E-state index in [4.69, 9.17) is 5.26 Å². The summed E-state index contributed by atoms with van der Waals surface area (Å²) in [5.74, 6) is -0.350. The first-order valence-corrected chi connectivity index (χ1v) is 5.73. The summed E-state index contributed by atoms with van der Waals surface area (Å²) in [6.07, 6.45) is 0. The van der Waals surface area contributed by atoms with Gasteiger partial charge in [0.2, 0.25) is 0 Å². The van der Waals surface area contributed by atoms with Gasteiger partial charge in [-0.15, -0.1) is 0 Å². The first-order valence-electron chi connectivity index (χ1n) is 5.73. The Morgan fingerprint density at radius 3 is 2.50 bits per heavy atom. The molecule has 2 aromatic carbocycles. The van der Waals surface area contributed by atoms with Gasteiger partial charge in [0.15, 0.2) is 0 Å². The molecule has 0 aliphatic carbocycles. The van der Waals surface area contributed by atoms with Crippen molar-refractivity contribution in [2.75, 3.05) is 5.32 Å². The summed E-state index contributed by atoms with van der Waals surface area (Å²) in [6, 6.07) is 10.5. The Morgan fingerprint density at radius 1 is 1.25 bits per heavy atom.